The number of rotatable bonds is 17. The topological polar surface area (TPSA) is 168 Å². The zero-order chi connectivity index (χ0) is 38.1. The molecular weight excluding hydrogens is 662 g/mol. The molecular formula is C40H57N5O7. The molecule has 12 heteroatoms. The first-order valence-corrected chi connectivity index (χ1v) is 18.4. The highest BCUT2D eigenvalue weighted by Crippen LogP contribution is 2.20. The van der Waals surface area contributed by atoms with Crippen molar-refractivity contribution in [3.05, 3.63) is 95.3 Å². The second-order valence-electron chi connectivity index (χ2n) is 12.0. The maximum Gasteiger partial charge on any atom is 0.408 e. The first-order valence-electron chi connectivity index (χ1n) is 18.4. The van der Waals surface area contributed by atoms with Crippen molar-refractivity contribution in [2.45, 2.75) is 98.4 Å². The van der Waals surface area contributed by atoms with Gasteiger partial charge in [-0.05, 0) is 105 Å². The Morgan fingerprint density at radius 2 is 1.65 bits per heavy atom. The number of alkyl carbamates (subject to hydrolysis) is 1. The lowest BCUT2D eigenvalue weighted by atomic mass is 9.97. The zero-order valence-electron chi connectivity index (χ0n) is 31.3. The van der Waals surface area contributed by atoms with Crippen LogP contribution < -0.4 is 26.0 Å². The second kappa shape index (κ2) is 25.1. The van der Waals surface area contributed by atoms with Crippen LogP contribution in [0.15, 0.2) is 73.1 Å². The minimum absolute atomic E-state index is 0.0608. The van der Waals surface area contributed by atoms with Crippen molar-refractivity contribution in [1.82, 2.24) is 26.3 Å². The molecule has 0 saturated carbocycles. The molecule has 1 fully saturated rings. The van der Waals surface area contributed by atoms with Gasteiger partial charge in [-0.3, -0.25) is 19.4 Å². The molecule has 3 amide bonds. The van der Waals surface area contributed by atoms with E-state index in [4.69, 9.17) is 9.47 Å². The molecule has 1 aliphatic rings. The van der Waals surface area contributed by atoms with E-state index < -0.39 is 42.4 Å². The van der Waals surface area contributed by atoms with E-state index in [0.29, 0.717) is 18.9 Å². The van der Waals surface area contributed by atoms with Crippen molar-refractivity contribution in [1.29, 1.82) is 0 Å². The Morgan fingerprint density at radius 1 is 0.923 bits per heavy atom. The third-order valence-corrected chi connectivity index (χ3v) is 8.27. The fourth-order valence-corrected chi connectivity index (χ4v) is 5.44. The number of hydrogen-bond donors (Lipinski definition) is 5. The molecule has 5 N–H and O–H groups in total. The van der Waals surface area contributed by atoms with E-state index in [0.717, 1.165) is 47.5 Å². The summed E-state index contributed by atoms with van der Waals surface area (Å²) in [5.74, 6) is -1.24. The van der Waals surface area contributed by atoms with Gasteiger partial charge in [-0.25, -0.2) is 4.79 Å². The van der Waals surface area contributed by atoms with E-state index in [1.165, 1.54) is 12.8 Å². The Morgan fingerprint density at radius 3 is 2.33 bits per heavy atom. The van der Waals surface area contributed by atoms with Gasteiger partial charge in [-0.1, -0.05) is 64.1 Å². The summed E-state index contributed by atoms with van der Waals surface area (Å²) in [6, 6.07) is 15.8. The molecule has 4 rings (SSSR count). The van der Waals surface area contributed by atoms with E-state index in [9.17, 15) is 24.3 Å². The number of amides is 3. The minimum atomic E-state index is -1.47. The molecule has 12 nitrogen and oxygen atoms in total. The molecule has 0 radical (unpaired) electrons. The summed E-state index contributed by atoms with van der Waals surface area (Å²) >= 11 is 0. The smallest absolute Gasteiger partial charge is 0.408 e. The van der Waals surface area contributed by atoms with Crippen LogP contribution in [0.5, 0.6) is 5.75 Å². The summed E-state index contributed by atoms with van der Waals surface area (Å²) in [4.78, 5) is 55.0. The van der Waals surface area contributed by atoms with Gasteiger partial charge in [-0.15, -0.1) is 0 Å². The summed E-state index contributed by atoms with van der Waals surface area (Å²) < 4.78 is 11.2. The third-order valence-electron chi connectivity index (χ3n) is 8.27. The molecule has 2 heterocycles. The van der Waals surface area contributed by atoms with Crippen molar-refractivity contribution in [3.8, 4) is 5.75 Å². The monoisotopic (exact) mass is 719 g/mol. The van der Waals surface area contributed by atoms with Gasteiger partial charge in [0.25, 0.3) is 0 Å². The molecule has 0 aliphatic carbocycles. The first kappa shape index (κ1) is 43.2. The third kappa shape index (κ3) is 16.4. The zero-order valence-corrected chi connectivity index (χ0v) is 31.3. The molecule has 52 heavy (non-hydrogen) atoms. The normalized spacial score (nSPS) is 14.4. The quantitative estimate of drug-likeness (QED) is 0.117. The Hall–Kier alpha value is -4.97. The molecule has 1 aromatic heterocycles. The first-order chi connectivity index (χ1) is 25.3. The molecule has 1 saturated heterocycles. The van der Waals surface area contributed by atoms with E-state index in [1.807, 2.05) is 71.0 Å². The number of nitrogens with one attached hydrogen (secondary N) is 4. The average Bonchev–Trinajstić information content (AvgIpc) is 3.18. The number of carbonyl (C=O) groups excluding carboxylic acids is 3. The Balaban J connectivity index is 0.00000226. The number of hydrogen-bond acceptors (Lipinski definition) is 8. The summed E-state index contributed by atoms with van der Waals surface area (Å²) in [6.45, 7) is 12.8. The standard InChI is InChI=1S/C36H45N5O7.2C2H6/c1-25-9-11-30(47-19-15-27-8-5-16-38-22-27)20-29(25)23-39-34(44)31(12-10-26-13-17-37-18-14-26)40-35(45)32(21-33(42)43)41-36(46)48-24-28-6-3-2-4-7-28;2*1-2/h2-4,6-7,9,11,13-14,17-18,20,27,31-32,38H,5,8,10,12,15-16,19,21-24H2,1H3,(H,39,44)(H,40,45)(H,41,46)(H,42,43);2*1-2H3/t27?,31?,32-;;/m0../s1. The van der Waals surface area contributed by atoms with Crippen molar-refractivity contribution in [2.24, 2.45) is 5.92 Å². The minimum Gasteiger partial charge on any atom is -0.494 e. The van der Waals surface area contributed by atoms with Gasteiger partial charge in [0, 0.05) is 18.9 Å². The van der Waals surface area contributed by atoms with Crippen molar-refractivity contribution in [3.63, 3.8) is 0 Å². The largest absolute Gasteiger partial charge is 0.494 e. The van der Waals surface area contributed by atoms with Gasteiger partial charge in [0.2, 0.25) is 11.8 Å². The van der Waals surface area contributed by atoms with Crippen molar-refractivity contribution < 1.29 is 33.8 Å². The fourth-order valence-electron chi connectivity index (χ4n) is 5.44. The second-order valence-corrected chi connectivity index (χ2v) is 12.0. The number of aromatic nitrogens is 1. The average molecular weight is 720 g/mol. The highest BCUT2D eigenvalue weighted by Gasteiger charge is 2.29. The van der Waals surface area contributed by atoms with Gasteiger partial charge >= 0.3 is 12.1 Å². The van der Waals surface area contributed by atoms with E-state index in [2.05, 4.69) is 26.3 Å². The molecule has 3 atom stereocenters. The number of benzene rings is 2. The van der Waals surface area contributed by atoms with Crippen LogP contribution in [0.4, 0.5) is 4.79 Å². The maximum atomic E-state index is 13.5. The van der Waals surface area contributed by atoms with Crippen LogP contribution in [0.2, 0.25) is 0 Å². The number of aliphatic carboxylic acids is 1. The van der Waals surface area contributed by atoms with Gasteiger partial charge in [-0.2, -0.15) is 0 Å². The van der Waals surface area contributed by atoms with E-state index >= 15 is 0 Å². The van der Waals surface area contributed by atoms with Crippen molar-refractivity contribution in [2.75, 3.05) is 19.7 Å². The maximum absolute atomic E-state index is 13.5. The van der Waals surface area contributed by atoms with Crippen molar-refractivity contribution >= 4 is 23.9 Å². The number of aryl methyl sites for hydroxylation is 2. The van der Waals surface area contributed by atoms with Crippen LogP contribution in [0.25, 0.3) is 0 Å². The number of carboxylic acid groups (broad SMARTS) is 1. The van der Waals surface area contributed by atoms with Crippen LogP contribution in [0.1, 0.15) is 82.1 Å². The molecule has 3 aromatic rings. The van der Waals surface area contributed by atoms with Gasteiger partial charge in [0.05, 0.1) is 13.0 Å². The highest BCUT2D eigenvalue weighted by atomic mass is 16.5. The fraction of sp³-hybridized carbons (Fsp3) is 0.475. The molecule has 2 unspecified atom stereocenters. The predicted octanol–water partition coefficient (Wildman–Crippen LogP) is 5.71. The predicted molar refractivity (Wildman–Crippen MR) is 202 cm³/mol. The lowest BCUT2D eigenvalue weighted by molar-refractivity contribution is -0.140. The Labute approximate surface area is 308 Å². The molecule has 1 aliphatic heterocycles. The lowest BCUT2D eigenvalue weighted by Gasteiger charge is -2.23. The lowest BCUT2D eigenvalue weighted by Crippen LogP contribution is -2.54. The number of piperidine rings is 1. The summed E-state index contributed by atoms with van der Waals surface area (Å²) in [5.41, 5.74) is 3.47. The number of carboxylic acids is 1. The van der Waals surface area contributed by atoms with Crippen LogP contribution in [0, 0.1) is 12.8 Å². The van der Waals surface area contributed by atoms with Gasteiger partial charge in [0.15, 0.2) is 0 Å². The van der Waals surface area contributed by atoms with Crippen LogP contribution in [-0.4, -0.2) is 65.7 Å². The SMILES string of the molecule is CC.CC.Cc1ccc(OCCC2CCCNC2)cc1CNC(=O)C(CCc1ccncc1)NC(=O)[C@H](CC(=O)O)NC(=O)OCc1ccccc1. The van der Waals surface area contributed by atoms with Crippen LogP contribution in [-0.2, 0) is 38.7 Å². The summed E-state index contributed by atoms with van der Waals surface area (Å²) in [7, 11) is 0. The van der Waals surface area contributed by atoms with E-state index in [1.54, 1.807) is 36.7 Å². The number of carbonyl (C=O) groups is 4. The van der Waals surface area contributed by atoms with E-state index in [-0.39, 0.29) is 19.6 Å². The number of nitrogens with zero attached hydrogens (tertiary/aromatic N) is 1. The highest BCUT2D eigenvalue weighted by molar-refractivity contribution is 5.93. The number of ether oxygens (including phenoxy) is 2. The van der Waals surface area contributed by atoms with Gasteiger partial charge in [0.1, 0.15) is 24.4 Å². The summed E-state index contributed by atoms with van der Waals surface area (Å²) in [5, 5.41) is 20.8. The summed E-state index contributed by atoms with van der Waals surface area (Å²) in [6.07, 6.45) is 5.64. The molecule has 2 aromatic carbocycles. The van der Waals surface area contributed by atoms with Crippen LogP contribution in [0.3, 0.4) is 0 Å². The van der Waals surface area contributed by atoms with Gasteiger partial charge < -0.3 is 35.8 Å². The molecule has 0 spiro atoms. The number of pyridine rings is 1. The Kier molecular flexibility index (Phi) is 20.8. The molecule has 284 valence electrons. The molecule has 0 bridgehead atoms. The Bertz CT molecular complexity index is 1480. The van der Waals surface area contributed by atoms with Crippen LogP contribution >= 0.6 is 0 Å².